The van der Waals surface area contributed by atoms with Gasteiger partial charge in [0.05, 0.1) is 0 Å². The van der Waals surface area contributed by atoms with E-state index in [1.54, 1.807) is 30.3 Å². The third-order valence-electron chi connectivity index (χ3n) is 2.24. The fourth-order valence-corrected chi connectivity index (χ4v) is 1.38. The van der Waals surface area contributed by atoms with Gasteiger partial charge in [-0.1, -0.05) is 30.9 Å². The number of rotatable bonds is 7. The van der Waals surface area contributed by atoms with Gasteiger partial charge in [0.1, 0.15) is 24.0 Å². The third kappa shape index (κ3) is 5.20. The number of para-hydroxylation sites is 1. The van der Waals surface area contributed by atoms with Crippen LogP contribution in [0.15, 0.2) is 42.5 Å². The van der Waals surface area contributed by atoms with Crippen LogP contribution in [0.4, 0.5) is 0 Å². The van der Waals surface area contributed by atoms with Crippen LogP contribution in [0.5, 0.6) is 5.75 Å². The lowest BCUT2D eigenvalue weighted by Gasteiger charge is -2.07. The minimum absolute atomic E-state index is 0.00495. The van der Waals surface area contributed by atoms with E-state index in [1.807, 2.05) is 0 Å². The Bertz CT molecular complexity index is 613. The van der Waals surface area contributed by atoms with Crippen molar-refractivity contribution in [1.82, 2.24) is 0 Å². The van der Waals surface area contributed by atoms with E-state index in [4.69, 9.17) is 19.8 Å². The van der Waals surface area contributed by atoms with Crippen LogP contribution in [0, 0.1) is 11.3 Å². The minimum Gasteiger partial charge on any atom is -0.481 e. The highest BCUT2D eigenvalue weighted by Crippen LogP contribution is 2.21. The number of carbonyl (C=O) groups is 2. The zero-order chi connectivity index (χ0) is 15.7. The predicted octanol–water partition coefficient (Wildman–Crippen LogP) is 1.79. The Morgan fingerprint density at radius 3 is 2.71 bits per heavy atom. The molecule has 0 amide bonds. The van der Waals surface area contributed by atoms with Crippen molar-refractivity contribution in [2.24, 2.45) is 0 Å². The third-order valence-corrected chi connectivity index (χ3v) is 2.24. The second-order valence-corrected chi connectivity index (χ2v) is 3.78. The van der Waals surface area contributed by atoms with E-state index in [2.05, 4.69) is 6.58 Å². The highest BCUT2D eigenvalue weighted by atomic mass is 16.5. The molecule has 1 rings (SSSR count). The first-order valence-corrected chi connectivity index (χ1v) is 5.92. The summed E-state index contributed by atoms with van der Waals surface area (Å²) in [6.45, 7) is 2.88. The molecule has 0 atom stereocenters. The molecule has 0 spiro atoms. The average molecular weight is 287 g/mol. The van der Waals surface area contributed by atoms with Gasteiger partial charge in [0, 0.05) is 5.56 Å². The minimum atomic E-state index is -1.13. The molecule has 108 valence electrons. The molecule has 0 saturated carbocycles. The predicted molar refractivity (Wildman–Crippen MR) is 74.3 cm³/mol. The van der Waals surface area contributed by atoms with Crippen molar-refractivity contribution in [1.29, 1.82) is 5.26 Å². The van der Waals surface area contributed by atoms with E-state index in [0.717, 1.165) is 0 Å². The van der Waals surface area contributed by atoms with Crippen LogP contribution < -0.4 is 4.74 Å². The first kappa shape index (κ1) is 16.0. The second-order valence-electron chi connectivity index (χ2n) is 3.78. The number of ether oxygens (including phenoxy) is 2. The van der Waals surface area contributed by atoms with Crippen molar-refractivity contribution >= 4 is 18.0 Å². The summed E-state index contributed by atoms with van der Waals surface area (Å²) in [7, 11) is 0. The lowest BCUT2D eigenvalue weighted by atomic mass is 10.1. The molecule has 0 radical (unpaired) electrons. The van der Waals surface area contributed by atoms with E-state index in [9.17, 15) is 9.59 Å². The smallest absolute Gasteiger partial charge is 0.349 e. The molecule has 0 saturated heterocycles. The van der Waals surface area contributed by atoms with Crippen molar-refractivity contribution < 1.29 is 24.2 Å². The molecule has 0 aromatic heterocycles. The number of nitrogens with zero attached hydrogens (tertiary/aromatic N) is 1. The van der Waals surface area contributed by atoms with Gasteiger partial charge in [-0.25, -0.2) is 9.59 Å². The first-order chi connectivity index (χ1) is 10.1. The van der Waals surface area contributed by atoms with Gasteiger partial charge in [0.15, 0.2) is 6.61 Å². The molecule has 0 aliphatic rings. The van der Waals surface area contributed by atoms with E-state index < -0.39 is 18.5 Å². The van der Waals surface area contributed by atoms with E-state index >= 15 is 0 Å². The molecule has 0 heterocycles. The van der Waals surface area contributed by atoms with Crippen molar-refractivity contribution in [2.45, 2.75) is 0 Å². The summed E-state index contributed by atoms with van der Waals surface area (Å²) in [6, 6.07) is 8.18. The molecule has 1 aromatic rings. The summed E-state index contributed by atoms with van der Waals surface area (Å²) in [6.07, 6.45) is 2.67. The van der Waals surface area contributed by atoms with Crippen molar-refractivity contribution in [2.75, 3.05) is 13.2 Å². The normalized spacial score (nSPS) is 10.3. The van der Waals surface area contributed by atoms with E-state index in [-0.39, 0.29) is 17.9 Å². The van der Waals surface area contributed by atoms with Crippen LogP contribution >= 0.6 is 0 Å². The van der Waals surface area contributed by atoms with Gasteiger partial charge in [0.2, 0.25) is 0 Å². The number of carboxylic acids is 1. The number of carbonyl (C=O) groups excluding carboxylic acids is 1. The fraction of sp³-hybridized carbons (Fsp3) is 0.133. The van der Waals surface area contributed by atoms with Gasteiger partial charge >= 0.3 is 11.9 Å². The van der Waals surface area contributed by atoms with E-state index in [1.165, 1.54) is 12.2 Å². The molecule has 0 aliphatic carbocycles. The van der Waals surface area contributed by atoms with Crippen LogP contribution in [0.3, 0.4) is 0 Å². The molecule has 0 fully saturated rings. The number of nitriles is 1. The molecule has 1 aromatic carbocycles. The number of carboxylic acid groups (broad SMARTS) is 1. The summed E-state index contributed by atoms with van der Waals surface area (Å²) in [5, 5.41) is 17.6. The average Bonchev–Trinajstić information content (AvgIpc) is 2.48. The standard InChI is InChI=1S/C15H13NO5/c1-2-7-20-15(19)12(9-16)8-11-5-3-4-6-13(11)21-10-14(17)18/h2-6,8H,1,7,10H2,(H,17,18)/b12-8+. The Balaban J connectivity index is 3.00. The van der Waals surface area contributed by atoms with Gasteiger partial charge < -0.3 is 14.6 Å². The zero-order valence-electron chi connectivity index (χ0n) is 11.1. The molecule has 0 aliphatic heterocycles. The number of esters is 1. The van der Waals surface area contributed by atoms with E-state index in [0.29, 0.717) is 5.56 Å². The van der Waals surface area contributed by atoms with Crippen molar-refractivity contribution in [3.63, 3.8) is 0 Å². The van der Waals surface area contributed by atoms with Gasteiger partial charge in [-0.3, -0.25) is 0 Å². The molecule has 0 unspecified atom stereocenters. The van der Waals surface area contributed by atoms with Crippen molar-refractivity contribution in [3.8, 4) is 11.8 Å². The maximum absolute atomic E-state index is 11.6. The van der Waals surface area contributed by atoms with Crippen LogP contribution in [-0.4, -0.2) is 30.3 Å². The number of hydrogen-bond donors (Lipinski definition) is 1. The number of hydrogen-bond acceptors (Lipinski definition) is 5. The maximum Gasteiger partial charge on any atom is 0.349 e. The maximum atomic E-state index is 11.6. The Morgan fingerprint density at radius 2 is 2.10 bits per heavy atom. The number of aliphatic carboxylic acids is 1. The van der Waals surface area contributed by atoms with Gasteiger partial charge in [-0.05, 0) is 12.1 Å². The Labute approximate surface area is 121 Å². The van der Waals surface area contributed by atoms with Gasteiger partial charge in [-0.2, -0.15) is 5.26 Å². The van der Waals surface area contributed by atoms with Crippen LogP contribution in [0.1, 0.15) is 5.56 Å². The second kappa shape index (κ2) is 8.17. The Kier molecular flexibility index (Phi) is 6.22. The lowest BCUT2D eigenvalue weighted by molar-refractivity contribution is -0.139. The Morgan fingerprint density at radius 1 is 1.38 bits per heavy atom. The Hall–Kier alpha value is -3.07. The fourth-order valence-electron chi connectivity index (χ4n) is 1.38. The summed E-state index contributed by atoms with van der Waals surface area (Å²) in [4.78, 5) is 22.1. The SMILES string of the molecule is C=CCOC(=O)/C(C#N)=C/c1ccccc1OCC(=O)O. The molecule has 6 nitrogen and oxygen atoms in total. The summed E-state index contributed by atoms with van der Waals surface area (Å²) in [5.74, 6) is -1.66. The molecule has 21 heavy (non-hydrogen) atoms. The topological polar surface area (TPSA) is 96.6 Å². The quantitative estimate of drug-likeness (QED) is 0.355. The largest absolute Gasteiger partial charge is 0.481 e. The first-order valence-electron chi connectivity index (χ1n) is 5.92. The summed E-state index contributed by atoms with van der Waals surface area (Å²) >= 11 is 0. The van der Waals surface area contributed by atoms with Crippen LogP contribution in [0.25, 0.3) is 6.08 Å². The summed E-state index contributed by atoms with van der Waals surface area (Å²) < 4.78 is 9.85. The molecular weight excluding hydrogens is 274 g/mol. The van der Waals surface area contributed by atoms with Crippen LogP contribution in [0.2, 0.25) is 0 Å². The molecule has 0 bridgehead atoms. The van der Waals surface area contributed by atoms with Crippen LogP contribution in [-0.2, 0) is 14.3 Å². The highest BCUT2D eigenvalue weighted by Gasteiger charge is 2.12. The molecular formula is C15H13NO5. The van der Waals surface area contributed by atoms with Gasteiger partial charge in [-0.15, -0.1) is 0 Å². The zero-order valence-corrected chi connectivity index (χ0v) is 11.1. The molecule has 6 heteroatoms. The molecule has 1 N–H and O–H groups in total. The lowest BCUT2D eigenvalue weighted by Crippen LogP contribution is -2.10. The summed E-state index contributed by atoms with van der Waals surface area (Å²) in [5.41, 5.74) is 0.189. The monoisotopic (exact) mass is 287 g/mol. The van der Waals surface area contributed by atoms with Gasteiger partial charge in [0.25, 0.3) is 0 Å². The number of benzene rings is 1. The van der Waals surface area contributed by atoms with Crippen molar-refractivity contribution in [3.05, 3.63) is 48.1 Å². The highest BCUT2D eigenvalue weighted by molar-refractivity contribution is 5.98.